The van der Waals surface area contributed by atoms with Gasteiger partial charge in [-0.3, -0.25) is 14.9 Å². The van der Waals surface area contributed by atoms with E-state index < -0.39 is 6.02 Å². The molecule has 7 rings (SSSR count). The molecule has 2 aliphatic carbocycles. The molecule has 10 heteroatoms. The van der Waals surface area contributed by atoms with E-state index in [0.717, 1.165) is 24.5 Å². The van der Waals surface area contributed by atoms with Crippen LogP contribution in [0.1, 0.15) is 52.1 Å². The van der Waals surface area contributed by atoms with Gasteiger partial charge in [-0.2, -0.15) is 5.26 Å². The quantitative estimate of drug-likeness (QED) is 0.239. The molecular weight excluding hydrogens is 567 g/mol. The second-order valence-corrected chi connectivity index (χ2v) is 14.0. The number of nitrogens with zero attached hydrogens (tertiary/aromatic N) is 4. The van der Waals surface area contributed by atoms with E-state index in [4.69, 9.17) is 23.2 Å². The SMILES string of the molecule is [2H][C@](Nc1cc(Cl)c2ncc(C#N)c(NCC(C)(C)C)c2c1)(C1=CN(C2[C@H]3CN(C4CC4)C[C@@H]23)NN1)c1ccc(Cl)cc1. The largest absolute Gasteiger partial charge is 0.383 e. The predicted octanol–water partition coefficient (Wildman–Crippen LogP) is 6.28. The number of hydrogen-bond donors (Lipinski definition) is 4. The summed E-state index contributed by atoms with van der Waals surface area (Å²) in [6.45, 7) is 9.36. The van der Waals surface area contributed by atoms with Gasteiger partial charge in [-0.15, -0.1) is 5.53 Å². The number of nitrogens with one attached hydrogen (secondary N) is 4. The minimum Gasteiger partial charge on any atom is -0.383 e. The molecule has 4 atom stereocenters. The lowest BCUT2D eigenvalue weighted by molar-refractivity contribution is 0.194. The summed E-state index contributed by atoms with van der Waals surface area (Å²) in [5, 5.41) is 20.7. The van der Waals surface area contributed by atoms with Crippen molar-refractivity contribution < 1.29 is 1.37 Å². The third-order valence-electron chi connectivity index (χ3n) is 8.66. The number of anilines is 2. The van der Waals surface area contributed by atoms with Crippen molar-refractivity contribution in [2.45, 2.75) is 51.7 Å². The number of halogens is 2. The molecule has 42 heavy (non-hydrogen) atoms. The molecule has 3 fully saturated rings. The van der Waals surface area contributed by atoms with Crippen LogP contribution in [0, 0.1) is 28.6 Å². The Bertz CT molecular complexity index is 1630. The van der Waals surface area contributed by atoms with Crippen molar-refractivity contribution in [2.24, 2.45) is 17.3 Å². The van der Waals surface area contributed by atoms with Crippen LogP contribution in [0.15, 0.2) is 54.5 Å². The number of hydrazine groups is 2. The molecule has 218 valence electrons. The van der Waals surface area contributed by atoms with Gasteiger partial charge in [0, 0.05) is 54.2 Å². The number of fused-ring (bicyclic) bond motifs is 2. The summed E-state index contributed by atoms with van der Waals surface area (Å²) in [5.41, 5.74) is 10.3. The van der Waals surface area contributed by atoms with Crippen LogP contribution in [0.2, 0.25) is 10.0 Å². The molecule has 2 saturated carbocycles. The third kappa shape index (κ3) is 5.35. The molecule has 0 bridgehead atoms. The summed E-state index contributed by atoms with van der Waals surface area (Å²) in [5.74, 6) is 1.29. The van der Waals surface area contributed by atoms with E-state index in [1.54, 1.807) is 24.4 Å². The summed E-state index contributed by atoms with van der Waals surface area (Å²) in [6.07, 6.45) is 6.26. The first-order valence-electron chi connectivity index (χ1n) is 15.1. The second kappa shape index (κ2) is 10.5. The molecule has 1 unspecified atom stereocenters. The molecule has 0 amide bonds. The van der Waals surface area contributed by atoms with E-state index in [-0.39, 0.29) is 5.41 Å². The van der Waals surface area contributed by atoms with Crippen molar-refractivity contribution >= 4 is 45.5 Å². The molecule has 0 spiro atoms. The van der Waals surface area contributed by atoms with E-state index >= 15 is 0 Å². The van der Waals surface area contributed by atoms with Crippen molar-refractivity contribution in [3.63, 3.8) is 0 Å². The number of rotatable bonds is 8. The van der Waals surface area contributed by atoms with E-state index in [0.29, 0.717) is 68.2 Å². The van der Waals surface area contributed by atoms with Crippen molar-refractivity contribution in [2.75, 3.05) is 30.3 Å². The highest BCUT2D eigenvalue weighted by atomic mass is 35.5. The molecule has 3 aromatic rings. The van der Waals surface area contributed by atoms with Gasteiger partial charge < -0.3 is 16.1 Å². The zero-order valence-corrected chi connectivity index (χ0v) is 25.5. The lowest BCUT2D eigenvalue weighted by atomic mass is 9.96. The summed E-state index contributed by atoms with van der Waals surface area (Å²) >= 11 is 13.0. The highest BCUT2D eigenvalue weighted by Crippen LogP contribution is 2.51. The van der Waals surface area contributed by atoms with Gasteiger partial charge in [0.2, 0.25) is 0 Å². The number of benzene rings is 2. The van der Waals surface area contributed by atoms with E-state index in [1.165, 1.54) is 12.8 Å². The van der Waals surface area contributed by atoms with Crippen molar-refractivity contribution in [1.82, 2.24) is 25.9 Å². The zero-order valence-electron chi connectivity index (χ0n) is 25.0. The highest BCUT2D eigenvalue weighted by Gasteiger charge is 2.60. The molecule has 0 radical (unpaired) electrons. The first kappa shape index (κ1) is 26.4. The Hall–Kier alpha value is -3.22. The Kier molecular flexibility index (Phi) is 6.60. The number of hydrogen-bond acceptors (Lipinski definition) is 8. The van der Waals surface area contributed by atoms with Crippen LogP contribution in [0.3, 0.4) is 0 Å². The minimum absolute atomic E-state index is 0.0113. The number of nitriles is 1. The maximum Gasteiger partial charge on any atom is 0.103 e. The third-order valence-corrected chi connectivity index (χ3v) is 9.20. The van der Waals surface area contributed by atoms with Crippen LogP contribution < -0.4 is 21.6 Å². The van der Waals surface area contributed by atoms with Crippen LogP contribution in [-0.2, 0) is 0 Å². The Morgan fingerprint density at radius 3 is 2.57 bits per heavy atom. The van der Waals surface area contributed by atoms with Gasteiger partial charge >= 0.3 is 0 Å². The number of piperidine rings is 1. The van der Waals surface area contributed by atoms with Crippen molar-refractivity contribution in [1.29, 1.82) is 5.26 Å². The van der Waals surface area contributed by atoms with Gasteiger partial charge in [-0.1, -0.05) is 56.1 Å². The first-order valence-corrected chi connectivity index (χ1v) is 15.4. The summed E-state index contributed by atoms with van der Waals surface area (Å²) < 4.78 is 9.86. The average Bonchev–Trinajstić information content (AvgIpc) is 3.82. The molecule has 2 aliphatic heterocycles. The maximum absolute atomic E-state index is 9.88. The number of likely N-dealkylation sites (tertiary alicyclic amines) is 1. The topological polar surface area (TPSA) is 91.3 Å². The average molecular weight is 605 g/mol. The maximum atomic E-state index is 9.88. The van der Waals surface area contributed by atoms with Crippen LogP contribution >= 0.6 is 23.2 Å². The Morgan fingerprint density at radius 2 is 1.90 bits per heavy atom. The van der Waals surface area contributed by atoms with Gasteiger partial charge in [0.25, 0.3) is 0 Å². The fourth-order valence-corrected chi connectivity index (χ4v) is 6.70. The summed E-state index contributed by atoms with van der Waals surface area (Å²) in [6, 6.07) is 13.1. The molecule has 1 aromatic heterocycles. The normalized spacial score (nSPS) is 25.2. The predicted molar refractivity (Wildman–Crippen MR) is 169 cm³/mol. The van der Waals surface area contributed by atoms with Crippen LogP contribution in [-0.4, -0.2) is 46.6 Å². The lowest BCUT2D eigenvalue weighted by Crippen LogP contribution is -2.42. The highest BCUT2D eigenvalue weighted by molar-refractivity contribution is 6.36. The molecular formula is C32H36Cl2N8. The van der Waals surface area contributed by atoms with Crippen LogP contribution in [0.4, 0.5) is 11.4 Å². The van der Waals surface area contributed by atoms with E-state index in [9.17, 15) is 6.63 Å². The van der Waals surface area contributed by atoms with E-state index in [2.05, 4.69) is 63.3 Å². The van der Waals surface area contributed by atoms with Gasteiger partial charge in [0.1, 0.15) is 6.07 Å². The first-order chi connectivity index (χ1) is 20.5. The Morgan fingerprint density at radius 1 is 1.17 bits per heavy atom. The van der Waals surface area contributed by atoms with Crippen LogP contribution in [0.25, 0.3) is 10.9 Å². The fraction of sp³-hybridized carbons (Fsp3) is 0.438. The summed E-state index contributed by atoms with van der Waals surface area (Å²) in [4.78, 5) is 7.14. The lowest BCUT2D eigenvalue weighted by Gasteiger charge is -2.23. The minimum atomic E-state index is -1.41. The van der Waals surface area contributed by atoms with Gasteiger partial charge in [-0.25, -0.2) is 0 Å². The molecule has 1 saturated heterocycles. The monoisotopic (exact) mass is 603 g/mol. The van der Waals surface area contributed by atoms with E-state index in [1.807, 2.05) is 24.4 Å². The molecule has 4 N–H and O–H groups in total. The van der Waals surface area contributed by atoms with Gasteiger partial charge in [0.15, 0.2) is 0 Å². The second-order valence-electron chi connectivity index (χ2n) is 13.1. The molecule has 3 heterocycles. The smallest absolute Gasteiger partial charge is 0.103 e. The molecule has 2 aromatic carbocycles. The number of aromatic nitrogens is 1. The Balaban J connectivity index is 1.23. The zero-order chi connectivity index (χ0) is 30.1. The van der Waals surface area contributed by atoms with Crippen molar-refractivity contribution in [3.05, 3.63) is 75.7 Å². The van der Waals surface area contributed by atoms with Crippen molar-refractivity contribution in [3.8, 4) is 6.07 Å². The summed E-state index contributed by atoms with van der Waals surface area (Å²) in [7, 11) is 0. The van der Waals surface area contributed by atoms with Gasteiger partial charge in [-0.05, 0) is 59.9 Å². The fourth-order valence-electron chi connectivity index (χ4n) is 6.31. The van der Waals surface area contributed by atoms with Gasteiger partial charge in [0.05, 0.1) is 40.9 Å². The molecule has 8 nitrogen and oxygen atoms in total. The molecule has 4 aliphatic rings. The number of pyridine rings is 1. The van der Waals surface area contributed by atoms with Crippen LogP contribution in [0.5, 0.6) is 0 Å². The Labute approximate surface area is 258 Å². The standard InChI is InChI=1S/C32H36Cl2N8/c1-32(2,3)17-37-28-19(12-35)13-36-30-23(28)10-21(11-26(30)34)38-29(18-4-6-20(33)7-5-18)27-16-42(40-39-27)31-24-14-41(15-25(24)31)22-8-9-22/h4-7,10-11,13,16,22,24-25,29,31,38-40H,8-9,14-15,17H2,1-3H3,(H,36,37)/t24-,25+,29-,31?/m1/s1/i29D.